The van der Waals surface area contributed by atoms with E-state index in [2.05, 4.69) is 15.2 Å². The fourth-order valence-electron chi connectivity index (χ4n) is 3.18. The molecule has 0 spiro atoms. The maximum absolute atomic E-state index is 6.04. The molecule has 0 aliphatic carbocycles. The molecule has 0 saturated carbocycles. The Morgan fingerprint density at radius 2 is 1.96 bits per heavy atom. The highest BCUT2D eigenvalue weighted by Gasteiger charge is 2.27. The first-order valence-corrected chi connectivity index (χ1v) is 8.90. The van der Waals surface area contributed by atoms with Crippen LogP contribution in [0.1, 0.15) is 44.0 Å². The van der Waals surface area contributed by atoms with Crippen molar-refractivity contribution in [2.75, 3.05) is 6.79 Å². The highest BCUT2D eigenvalue weighted by atomic mass is 16.7. The Balaban J connectivity index is 1.40. The Hall–Kier alpha value is -2.87. The van der Waals surface area contributed by atoms with Gasteiger partial charge in [-0.1, -0.05) is 32.0 Å². The summed E-state index contributed by atoms with van der Waals surface area (Å²) in [6.07, 6.45) is -0.104. The maximum Gasteiger partial charge on any atom is 0.278 e. The topological polar surface area (TPSA) is 84.4 Å². The number of fused-ring (bicyclic) bond motifs is 2. The summed E-state index contributed by atoms with van der Waals surface area (Å²) in [7, 11) is 0. The zero-order valence-electron chi connectivity index (χ0n) is 15.4. The van der Waals surface area contributed by atoms with Gasteiger partial charge in [0.05, 0.1) is 18.8 Å². The zero-order chi connectivity index (χ0) is 18.6. The average molecular weight is 368 g/mol. The van der Waals surface area contributed by atoms with E-state index in [4.69, 9.17) is 18.7 Å². The normalized spacial score (nSPS) is 18.6. The van der Waals surface area contributed by atoms with E-state index >= 15 is 0 Å². The van der Waals surface area contributed by atoms with Crippen molar-refractivity contribution >= 4 is 0 Å². The average Bonchev–Trinajstić information content (AvgIpc) is 3.37. The molecule has 4 heterocycles. The minimum Gasteiger partial charge on any atom is -0.454 e. The summed E-state index contributed by atoms with van der Waals surface area (Å²) in [5, 5.41) is 8.72. The van der Waals surface area contributed by atoms with Gasteiger partial charge < -0.3 is 18.7 Å². The van der Waals surface area contributed by atoms with Crippen LogP contribution in [-0.4, -0.2) is 26.7 Å². The molecule has 140 valence electrons. The monoisotopic (exact) mass is 368 g/mol. The van der Waals surface area contributed by atoms with Gasteiger partial charge in [-0.3, -0.25) is 4.68 Å². The first-order valence-electron chi connectivity index (χ1n) is 8.90. The lowest BCUT2D eigenvalue weighted by Crippen LogP contribution is -2.21. The molecule has 0 unspecified atom stereocenters. The van der Waals surface area contributed by atoms with Gasteiger partial charge in [-0.2, -0.15) is 10.1 Å². The zero-order valence-corrected chi connectivity index (χ0v) is 15.4. The molecule has 2 aromatic heterocycles. The van der Waals surface area contributed by atoms with E-state index in [1.54, 1.807) is 0 Å². The third-order valence-corrected chi connectivity index (χ3v) is 4.72. The van der Waals surface area contributed by atoms with Crippen LogP contribution < -0.4 is 9.47 Å². The minimum absolute atomic E-state index is 0.104. The summed E-state index contributed by atoms with van der Waals surface area (Å²) in [5.74, 6) is 2.62. The van der Waals surface area contributed by atoms with Gasteiger partial charge in [0.1, 0.15) is 6.10 Å². The Morgan fingerprint density at radius 3 is 2.78 bits per heavy atom. The lowest BCUT2D eigenvalue weighted by molar-refractivity contribution is -0.00122. The summed E-state index contributed by atoms with van der Waals surface area (Å²) < 4.78 is 24.2. The minimum atomic E-state index is -0.172. The molecule has 0 radical (unpaired) electrons. The van der Waals surface area contributed by atoms with Crippen LogP contribution in [0.3, 0.4) is 0 Å². The smallest absolute Gasteiger partial charge is 0.278 e. The van der Waals surface area contributed by atoms with Crippen LogP contribution in [0, 0.1) is 0 Å². The summed E-state index contributed by atoms with van der Waals surface area (Å²) in [6.45, 7) is 7.47. The van der Waals surface area contributed by atoms with Gasteiger partial charge in [0, 0.05) is 5.41 Å². The Labute approximate surface area is 156 Å². The molecule has 8 heteroatoms. The van der Waals surface area contributed by atoms with Crippen molar-refractivity contribution in [3.63, 3.8) is 0 Å². The van der Waals surface area contributed by atoms with Gasteiger partial charge in [0.25, 0.3) is 5.89 Å². The second-order valence-corrected chi connectivity index (χ2v) is 7.79. The molecule has 5 rings (SSSR count). The summed E-state index contributed by atoms with van der Waals surface area (Å²) in [5.41, 5.74) is 2.52. The summed E-state index contributed by atoms with van der Waals surface area (Å²) >= 11 is 0. The molecule has 1 aromatic carbocycles. The first kappa shape index (κ1) is 16.3. The van der Waals surface area contributed by atoms with E-state index in [9.17, 15) is 0 Å². The molecular formula is C19H20N4O4. The fourth-order valence-corrected chi connectivity index (χ4v) is 3.18. The molecule has 0 fully saturated rings. The van der Waals surface area contributed by atoms with Crippen LogP contribution in [0.25, 0.3) is 11.6 Å². The molecule has 0 saturated heterocycles. The molecule has 2 aliphatic rings. The predicted molar refractivity (Wildman–Crippen MR) is 94.3 cm³/mol. The van der Waals surface area contributed by atoms with Gasteiger partial charge in [0.2, 0.25) is 6.79 Å². The number of hydrogen-bond acceptors (Lipinski definition) is 7. The lowest BCUT2D eigenvalue weighted by Gasteiger charge is -2.24. The number of ether oxygens (including phenoxy) is 3. The third kappa shape index (κ3) is 2.86. The van der Waals surface area contributed by atoms with Crippen molar-refractivity contribution in [3.05, 3.63) is 41.3 Å². The molecule has 27 heavy (non-hydrogen) atoms. The molecule has 3 aromatic rings. The van der Waals surface area contributed by atoms with Gasteiger partial charge in [-0.15, -0.1) is 0 Å². The Kier molecular flexibility index (Phi) is 3.51. The second kappa shape index (κ2) is 5.82. The molecule has 8 nitrogen and oxygen atoms in total. The van der Waals surface area contributed by atoms with Crippen LogP contribution in [-0.2, 0) is 23.3 Å². The van der Waals surface area contributed by atoms with E-state index in [1.807, 2.05) is 49.7 Å². The van der Waals surface area contributed by atoms with Crippen LogP contribution in [0.4, 0.5) is 0 Å². The van der Waals surface area contributed by atoms with Crippen LogP contribution in [0.15, 0.2) is 28.8 Å². The van der Waals surface area contributed by atoms with Gasteiger partial charge >= 0.3 is 0 Å². The molecule has 0 amide bonds. The van der Waals surface area contributed by atoms with E-state index < -0.39 is 0 Å². The highest BCUT2D eigenvalue weighted by Crippen LogP contribution is 2.37. The maximum atomic E-state index is 6.04. The van der Waals surface area contributed by atoms with Crippen molar-refractivity contribution < 1.29 is 18.7 Å². The second-order valence-electron chi connectivity index (χ2n) is 7.79. The van der Waals surface area contributed by atoms with Crippen molar-refractivity contribution in [2.45, 2.75) is 45.4 Å². The van der Waals surface area contributed by atoms with Crippen molar-refractivity contribution in [3.8, 4) is 23.1 Å². The van der Waals surface area contributed by atoms with Gasteiger partial charge in [-0.05, 0) is 23.8 Å². The largest absolute Gasteiger partial charge is 0.454 e. The SMILES string of the molecule is CC(C)(C)c1noc(-c2cc3n(n2)C[C@@H](c2ccc4c(c2)OCO4)OC3)n1. The molecule has 2 aliphatic heterocycles. The van der Waals surface area contributed by atoms with Gasteiger partial charge in [0.15, 0.2) is 23.0 Å². The quantitative estimate of drug-likeness (QED) is 0.686. The van der Waals surface area contributed by atoms with Crippen LogP contribution in [0.5, 0.6) is 11.5 Å². The standard InChI is InChI=1S/C19H20N4O4/c1-19(2,3)18-20-17(27-22-18)13-7-12-9-24-16(8-23(12)21-13)11-4-5-14-15(6-11)26-10-25-14/h4-7,16H,8-10H2,1-3H3/t16-/m0/s1. The van der Waals surface area contributed by atoms with Crippen molar-refractivity contribution in [1.82, 2.24) is 19.9 Å². The number of hydrogen-bond donors (Lipinski definition) is 0. The molecule has 1 atom stereocenters. The van der Waals surface area contributed by atoms with Crippen LogP contribution in [0.2, 0.25) is 0 Å². The summed E-state index contributed by atoms with van der Waals surface area (Å²) in [6, 6.07) is 7.82. The van der Waals surface area contributed by atoms with E-state index in [0.29, 0.717) is 30.6 Å². The van der Waals surface area contributed by atoms with Crippen LogP contribution >= 0.6 is 0 Å². The number of aromatic nitrogens is 4. The third-order valence-electron chi connectivity index (χ3n) is 4.72. The number of benzene rings is 1. The molecule has 0 N–H and O–H groups in total. The highest BCUT2D eigenvalue weighted by molar-refractivity contribution is 5.48. The molecular weight excluding hydrogens is 348 g/mol. The van der Waals surface area contributed by atoms with E-state index in [1.165, 1.54) is 0 Å². The number of nitrogens with zero attached hydrogens (tertiary/aromatic N) is 4. The Morgan fingerprint density at radius 1 is 1.11 bits per heavy atom. The fraction of sp³-hybridized carbons (Fsp3) is 0.421. The predicted octanol–water partition coefficient (Wildman–Crippen LogP) is 3.23. The van der Waals surface area contributed by atoms with E-state index in [0.717, 1.165) is 22.8 Å². The van der Waals surface area contributed by atoms with Crippen molar-refractivity contribution in [2.24, 2.45) is 0 Å². The molecule has 0 bridgehead atoms. The lowest BCUT2D eigenvalue weighted by atomic mass is 9.96. The number of rotatable bonds is 2. The van der Waals surface area contributed by atoms with Crippen molar-refractivity contribution in [1.29, 1.82) is 0 Å². The first-order chi connectivity index (χ1) is 13.0. The van der Waals surface area contributed by atoms with E-state index in [-0.39, 0.29) is 18.3 Å². The Bertz CT molecular complexity index is 1000. The summed E-state index contributed by atoms with van der Waals surface area (Å²) in [4.78, 5) is 4.49. The van der Waals surface area contributed by atoms with Gasteiger partial charge in [-0.25, -0.2) is 0 Å².